The summed E-state index contributed by atoms with van der Waals surface area (Å²) in [6.45, 7) is 5.71. The van der Waals surface area contributed by atoms with Crippen molar-refractivity contribution in [3.05, 3.63) is 34.2 Å². The number of aromatic nitrogens is 4. The van der Waals surface area contributed by atoms with Crippen LogP contribution >= 0.6 is 11.3 Å². The van der Waals surface area contributed by atoms with Gasteiger partial charge in [-0.15, -0.1) is 11.3 Å². The summed E-state index contributed by atoms with van der Waals surface area (Å²) in [4.78, 5) is 21.6. The SMILES string of the molecule is Cc1cc2c(-n3nc(C)c(CC(=O)O)c3C)ncnc2s1. The van der Waals surface area contributed by atoms with Gasteiger partial charge < -0.3 is 5.11 Å². The van der Waals surface area contributed by atoms with Gasteiger partial charge >= 0.3 is 5.97 Å². The minimum absolute atomic E-state index is 0.0332. The van der Waals surface area contributed by atoms with Crippen molar-refractivity contribution in [3.63, 3.8) is 0 Å². The standard InChI is InChI=1S/C14H14N4O2S/c1-7-4-11-13(15-6-16-14(11)21-7)18-9(3)10(5-12(19)20)8(2)17-18/h4,6H,5H2,1-3H3,(H,19,20). The van der Waals surface area contributed by atoms with Gasteiger partial charge in [0.05, 0.1) is 17.5 Å². The Labute approximate surface area is 125 Å². The molecule has 0 saturated carbocycles. The number of carboxylic acid groups (broad SMARTS) is 1. The van der Waals surface area contributed by atoms with Crippen molar-refractivity contribution in [1.29, 1.82) is 0 Å². The van der Waals surface area contributed by atoms with Crippen LogP contribution in [-0.4, -0.2) is 30.8 Å². The third-order valence-corrected chi connectivity index (χ3v) is 4.36. The fourth-order valence-electron chi connectivity index (χ4n) is 2.42. The summed E-state index contributed by atoms with van der Waals surface area (Å²) in [7, 11) is 0. The van der Waals surface area contributed by atoms with Gasteiger partial charge in [-0.3, -0.25) is 4.79 Å². The van der Waals surface area contributed by atoms with Crippen LogP contribution in [0.3, 0.4) is 0 Å². The third-order valence-electron chi connectivity index (χ3n) is 3.40. The number of hydrogen-bond acceptors (Lipinski definition) is 5. The molecule has 0 radical (unpaired) electrons. The van der Waals surface area contributed by atoms with Gasteiger partial charge in [-0.25, -0.2) is 14.6 Å². The van der Waals surface area contributed by atoms with Crippen molar-refractivity contribution in [1.82, 2.24) is 19.7 Å². The highest BCUT2D eigenvalue weighted by Gasteiger charge is 2.18. The zero-order chi connectivity index (χ0) is 15.1. The largest absolute Gasteiger partial charge is 0.481 e. The lowest BCUT2D eigenvalue weighted by molar-refractivity contribution is -0.136. The number of carbonyl (C=O) groups is 1. The van der Waals surface area contributed by atoms with Crippen molar-refractivity contribution in [2.75, 3.05) is 0 Å². The van der Waals surface area contributed by atoms with Gasteiger partial charge in [-0.2, -0.15) is 5.10 Å². The molecule has 3 aromatic rings. The zero-order valence-electron chi connectivity index (χ0n) is 11.9. The number of hydrogen-bond donors (Lipinski definition) is 1. The zero-order valence-corrected chi connectivity index (χ0v) is 12.7. The molecule has 0 saturated heterocycles. The molecule has 0 aliphatic heterocycles. The maximum absolute atomic E-state index is 11.0. The Hall–Kier alpha value is -2.28. The number of aryl methyl sites for hydroxylation is 2. The van der Waals surface area contributed by atoms with Crippen molar-refractivity contribution in [2.45, 2.75) is 27.2 Å². The summed E-state index contributed by atoms with van der Waals surface area (Å²) in [5.41, 5.74) is 2.26. The number of carboxylic acids is 1. The lowest BCUT2D eigenvalue weighted by Gasteiger charge is -2.04. The molecule has 108 valence electrons. The van der Waals surface area contributed by atoms with Gasteiger partial charge in [-0.1, -0.05) is 0 Å². The summed E-state index contributed by atoms with van der Waals surface area (Å²) in [5.74, 6) is -0.165. The highest BCUT2D eigenvalue weighted by Crippen LogP contribution is 2.28. The number of rotatable bonds is 3. The fourth-order valence-corrected chi connectivity index (χ4v) is 3.26. The molecule has 3 heterocycles. The molecule has 0 bridgehead atoms. The quantitative estimate of drug-likeness (QED) is 0.803. The highest BCUT2D eigenvalue weighted by atomic mass is 32.1. The first kappa shape index (κ1) is 13.7. The summed E-state index contributed by atoms with van der Waals surface area (Å²) >= 11 is 1.60. The Bertz CT molecular complexity index is 850. The van der Waals surface area contributed by atoms with Gasteiger partial charge in [0, 0.05) is 16.1 Å². The second kappa shape index (κ2) is 4.92. The molecule has 0 atom stereocenters. The van der Waals surface area contributed by atoms with Crippen molar-refractivity contribution in [2.24, 2.45) is 0 Å². The molecule has 3 aromatic heterocycles. The van der Waals surface area contributed by atoms with E-state index in [1.807, 2.05) is 26.8 Å². The number of nitrogens with zero attached hydrogens (tertiary/aromatic N) is 4. The van der Waals surface area contributed by atoms with Crippen LogP contribution in [0.15, 0.2) is 12.4 Å². The third kappa shape index (κ3) is 2.29. The molecule has 0 aromatic carbocycles. The van der Waals surface area contributed by atoms with E-state index in [-0.39, 0.29) is 6.42 Å². The molecule has 0 spiro atoms. The van der Waals surface area contributed by atoms with E-state index in [1.54, 1.807) is 16.0 Å². The van der Waals surface area contributed by atoms with Crippen LogP contribution < -0.4 is 0 Å². The monoisotopic (exact) mass is 302 g/mol. The van der Waals surface area contributed by atoms with Gasteiger partial charge in [-0.05, 0) is 26.8 Å². The second-order valence-corrected chi connectivity index (χ2v) is 6.14. The normalized spacial score (nSPS) is 11.2. The fraction of sp³-hybridized carbons (Fsp3) is 0.286. The first-order valence-corrected chi connectivity index (χ1v) is 7.27. The van der Waals surface area contributed by atoms with Gasteiger partial charge in [0.25, 0.3) is 0 Å². The van der Waals surface area contributed by atoms with Crippen LogP contribution in [0.1, 0.15) is 21.8 Å². The van der Waals surface area contributed by atoms with E-state index < -0.39 is 5.97 Å². The van der Waals surface area contributed by atoms with E-state index in [4.69, 9.17) is 5.11 Å². The maximum atomic E-state index is 11.0. The van der Waals surface area contributed by atoms with Crippen LogP contribution in [0, 0.1) is 20.8 Å². The predicted octanol–water partition coefficient (Wildman–Crippen LogP) is 2.43. The molecular weight excluding hydrogens is 288 g/mol. The number of thiophene rings is 1. The number of fused-ring (bicyclic) bond motifs is 1. The second-order valence-electron chi connectivity index (χ2n) is 4.90. The van der Waals surface area contributed by atoms with Crippen molar-refractivity contribution in [3.8, 4) is 5.82 Å². The molecular formula is C14H14N4O2S. The molecule has 1 N–H and O–H groups in total. The molecule has 0 aliphatic rings. The topological polar surface area (TPSA) is 80.9 Å². The van der Waals surface area contributed by atoms with E-state index in [0.717, 1.165) is 26.4 Å². The molecule has 3 rings (SSSR count). The van der Waals surface area contributed by atoms with Gasteiger partial charge in [0.2, 0.25) is 0 Å². The Balaban J connectivity index is 2.21. The lowest BCUT2D eigenvalue weighted by Crippen LogP contribution is -2.05. The van der Waals surface area contributed by atoms with Crippen molar-refractivity contribution >= 4 is 27.5 Å². The molecule has 0 unspecified atom stereocenters. The minimum Gasteiger partial charge on any atom is -0.481 e. The van der Waals surface area contributed by atoms with E-state index in [9.17, 15) is 4.79 Å². The van der Waals surface area contributed by atoms with Crippen molar-refractivity contribution < 1.29 is 9.90 Å². The Morgan fingerprint density at radius 1 is 1.33 bits per heavy atom. The summed E-state index contributed by atoms with van der Waals surface area (Å²) in [6, 6.07) is 2.03. The number of aliphatic carboxylic acids is 1. The Kier molecular flexibility index (Phi) is 3.21. The van der Waals surface area contributed by atoms with Crippen LogP contribution in [0.25, 0.3) is 16.0 Å². The van der Waals surface area contributed by atoms with Gasteiger partial charge in [0.15, 0.2) is 5.82 Å². The van der Waals surface area contributed by atoms with Crippen LogP contribution in [0.5, 0.6) is 0 Å². The molecule has 0 fully saturated rings. The van der Waals surface area contributed by atoms with E-state index in [2.05, 4.69) is 15.1 Å². The summed E-state index contributed by atoms with van der Waals surface area (Å²) in [5, 5.41) is 14.4. The minimum atomic E-state index is -0.861. The lowest BCUT2D eigenvalue weighted by atomic mass is 10.1. The molecule has 0 amide bonds. The highest BCUT2D eigenvalue weighted by molar-refractivity contribution is 7.18. The van der Waals surface area contributed by atoms with E-state index in [0.29, 0.717) is 11.5 Å². The predicted molar refractivity (Wildman–Crippen MR) is 80.1 cm³/mol. The Morgan fingerprint density at radius 3 is 2.81 bits per heavy atom. The summed E-state index contributed by atoms with van der Waals surface area (Å²) in [6.07, 6.45) is 1.48. The maximum Gasteiger partial charge on any atom is 0.307 e. The molecule has 21 heavy (non-hydrogen) atoms. The average molecular weight is 302 g/mol. The molecule has 0 aliphatic carbocycles. The van der Waals surface area contributed by atoms with Gasteiger partial charge in [0.1, 0.15) is 11.2 Å². The summed E-state index contributed by atoms with van der Waals surface area (Å²) < 4.78 is 1.71. The van der Waals surface area contributed by atoms with Crippen LogP contribution in [0.4, 0.5) is 0 Å². The van der Waals surface area contributed by atoms with Crippen LogP contribution in [-0.2, 0) is 11.2 Å². The van der Waals surface area contributed by atoms with E-state index in [1.165, 1.54) is 6.33 Å². The van der Waals surface area contributed by atoms with Crippen LogP contribution in [0.2, 0.25) is 0 Å². The first-order chi connectivity index (χ1) is 9.97. The van der Waals surface area contributed by atoms with E-state index >= 15 is 0 Å². The molecule has 7 heteroatoms. The first-order valence-electron chi connectivity index (χ1n) is 6.45. The Morgan fingerprint density at radius 2 is 2.10 bits per heavy atom. The smallest absolute Gasteiger partial charge is 0.307 e. The average Bonchev–Trinajstić information content (AvgIpc) is 2.92. The molecule has 6 nitrogen and oxygen atoms in total.